The van der Waals surface area contributed by atoms with E-state index in [2.05, 4.69) is 11.0 Å². The molecule has 22 heavy (non-hydrogen) atoms. The fourth-order valence-electron chi connectivity index (χ4n) is 2.82. The maximum Gasteiger partial charge on any atom is 0.310 e. The molecule has 1 fully saturated rings. The van der Waals surface area contributed by atoms with E-state index in [9.17, 15) is 14.3 Å². The van der Waals surface area contributed by atoms with Crippen molar-refractivity contribution in [3.63, 3.8) is 0 Å². The molecule has 1 saturated heterocycles. The molecule has 0 spiro atoms. The first kappa shape index (κ1) is 15.2. The number of halogens is 1. The van der Waals surface area contributed by atoms with E-state index >= 15 is 0 Å². The molecule has 116 valence electrons. The first-order valence-corrected chi connectivity index (χ1v) is 8.08. The van der Waals surface area contributed by atoms with E-state index in [-0.39, 0.29) is 5.82 Å². The summed E-state index contributed by atoms with van der Waals surface area (Å²) in [5, 5.41) is 9.28. The summed E-state index contributed by atoms with van der Waals surface area (Å²) in [5.74, 6) is -0.946. The molecular formula is C17H18FNO2S. The Morgan fingerprint density at radius 2 is 2.05 bits per heavy atom. The van der Waals surface area contributed by atoms with Gasteiger partial charge in [-0.25, -0.2) is 4.39 Å². The standard InChI is InChI=1S/C17H18FNO2S/c1-17(16(20)21)8-9-19(11-17)10-14-6-7-15(22-14)12-2-4-13(18)5-3-12/h2-7H,8-11H2,1H3,(H,20,21). The largest absolute Gasteiger partial charge is 0.481 e. The molecule has 1 aliphatic rings. The van der Waals surface area contributed by atoms with Gasteiger partial charge in [0.1, 0.15) is 5.82 Å². The highest BCUT2D eigenvalue weighted by atomic mass is 32.1. The Kier molecular flexibility index (Phi) is 4.02. The van der Waals surface area contributed by atoms with Crippen LogP contribution in [-0.2, 0) is 11.3 Å². The van der Waals surface area contributed by atoms with Gasteiger partial charge in [-0.15, -0.1) is 11.3 Å². The van der Waals surface area contributed by atoms with Gasteiger partial charge in [-0.3, -0.25) is 9.69 Å². The normalized spacial score (nSPS) is 22.1. The van der Waals surface area contributed by atoms with E-state index in [4.69, 9.17) is 0 Å². The van der Waals surface area contributed by atoms with Crippen molar-refractivity contribution in [2.24, 2.45) is 5.41 Å². The summed E-state index contributed by atoms with van der Waals surface area (Å²) in [4.78, 5) is 15.8. The van der Waals surface area contributed by atoms with Gasteiger partial charge >= 0.3 is 5.97 Å². The van der Waals surface area contributed by atoms with Gasteiger partial charge in [0.25, 0.3) is 0 Å². The van der Waals surface area contributed by atoms with Crippen LogP contribution in [0.5, 0.6) is 0 Å². The zero-order valence-electron chi connectivity index (χ0n) is 12.4. The van der Waals surface area contributed by atoms with E-state index < -0.39 is 11.4 Å². The van der Waals surface area contributed by atoms with Crippen LogP contribution in [-0.4, -0.2) is 29.1 Å². The minimum absolute atomic E-state index is 0.231. The molecular weight excluding hydrogens is 301 g/mol. The number of carboxylic acids is 1. The number of aliphatic carboxylic acids is 1. The Morgan fingerprint density at radius 1 is 1.32 bits per heavy atom. The lowest BCUT2D eigenvalue weighted by Crippen LogP contribution is -2.31. The molecule has 2 heterocycles. The molecule has 0 saturated carbocycles. The number of nitrogens with zero attached hydrogens (tertiary/aromatic N) is 1. The van der Waals surface area contributed by atoms with Crippen molar-refractivity contribution in [1.29, 1.82) is 0 Å². The van der Waals surface area contributed by atoms with Crippen molar-refractivity contribution in [1.82, 2.24) is 4.90 Å². The van der Waals surface area contributed by atoms with Gasteiger partial charge in [-0.1, -0.05) is 12.1 Å². The fraction of sp³-hybridized carbons (Fsp3) is 0.353. The van der Waals surface area contributed by atoms with Crippen LogP contribution in [0.15, 0.2) is 36.4 Å². The minimum atomic E-state index is -0.715. The van der Waals surface area contributed by atoms with Crippen molar-refractivity contribution < 1.29 is 14.3 Å². The number of carbonyl (C=O) groups is 1. The Hall–Kier alpha value is -1.72. The number of benzene rings is 1. The Balaban J connectivity index is 1.68. The number of rotatable bonds is 4. The van der Waals surface area contributed by atoms with E-state index in [1.807, 2.05) is 13.0 Å². The lowest BCUT2D eigenvalue weighted by atomic mass is 9.90. The minimum Gasteiger partial charge on any atom is -0.481 e. The smallest absolute Gasteiger partial charge is 0.310 e. The lowest BCUT2D eigenvalue weighted by molar-refractivity contribution is -0.147. The van der Waals surface area contributed by atoms with E-state index in [1.165, 1.54) is 17.0 Å². The Labute approximate surface area is 133 Å². The van der Waals surface area contributed by atoms with Gasteiger partial charge in [0.15, 0.2) is 0 Å². The van der Waals surface area contributed by atoms with Gasteiger partial charge in [0.2, 0.25) is 0 Å². The third-order valence-electron chi connectivity index (χ3n) is 4.24. The first-order chi connectivity index (χ1) is 10.5. The monoisotopic (exact) mass is 319 g/mol. The van der Waals surface area contributed by atoms with E-state index in [1.54, 1.807) is 23.5 Å². The number of likely N-dealkylation sites (tertiary alicyclic amines) is 1. The summed E-state index contributed by atoms with van der Waals surface area (Å²) in [7, 11) is 0. The summed E-state index contributed by atoms with van der Waals surface area (Å²) in [6.45, 7) is 3.99. The highest BCUT2D eigenvalue weighted by Gasteiger charge is 2.40. The van der Waals surface area contributed by atoms with Crippen LogP contribution < -0.4 is 0 Å². The Morgan fingerprint density at radius 3 is 2.68 bits per heavy atom. The van der Waals surface area contributed by atoms with Gasteiger partial charge in [-0.05, 0) is 49.7 Å². The first-order valence-electron chi connectivity index (χ1n) is 7.27. The third kappa shape index (κ3) is 3.05. The molecule has 3 nitrogen and oxygen atoms in total. The Bertz CT molecular complexity index is 682. The molecule has 1 atom stereocenters. The van der Waals surface area contributed by atoms with Gasteiger partial charge in [0.05, 0.1) is 5.41 Å². The van der Waals surface area contributed by atoms with Crippen molar-refractivity contribution >= 4 is 17.3 Å². The molecule has 1 aliphatic heterocycles. The average Bonchev–Trinajstić information content (AvgIpc) is 3.08. The summed E-state index contributed by atoms with van der Waals surface area (Å²) in [6.07, 6.45) is 0.693. The highest BCUT2D eigenvalue weighted by molar-refractivity contribution is 7.15. The maximum absolute atomic E-state index is 13.0. The SMILES string of the molecule is CC1(C(=O)O)CCN(Cc2ccc(-c3ccc(F)cc3)s2)C1. The molecule has 2 aromatic rings. The topological polar surface area (TPSA) is 40.5 Å². The van der Waals surface area contributed by atoms with Crippen molar-refractivity contribution in [2.75, 3.05) is 13.1 Å². The lowest BCUT2D eigenvalue weighted by Gasteiger charge is -2.19. The molecule has 1 aromatic heterocycles. The second-order valence-electron chi connectivity index (χ2n) is 6.10. The second-order valence-corrected chi connectivity index (χ2v) is 7.27. The van der Waals surface area contributed by atoms with Crippen molar-refractivity contribution in [3.05, 3.63) is 47.1 Å². The summed E-state index contributed by atoms with van der Waals surface area (Å²) in [6, 6.07) is 10.6. The highest BCUT2D eigenvalue weighted by Crippen LogP contribution is 2.33. The summed E-state index contributed by atoms with van der Waals surface area (Å²) >= 11 is 1.68. The molecule has 0 bridgehead atoms. The number of hydrogen-bond donors (Lipinski definition) is 1. The molecule has 0 aliphatic carbocycles. The third-order valence-corrected chi connectivity index (χ3v) is 5.36. The van der Waals surface area contributed by atoms with Crippen LogP contribution in [0.3, 0.4) is 0 Å². The number of carboxylic acid groups (broad SMARTS) is 1. The van der Waals surface area contributed by atoms with Crippen LogP contribution >= 0.6 is 11.3 Å². The molecule has 1 N–H and O–H groups in total. The molecule has 5 heteroatoms. The number of hydrogen-bond acceptors (Lipinski definition) is 3. The zero-order valence-corrected chi connectivity index (χ0v) is 13.2. The summed E-state index contributed by atoms with van der Waals surface area (Å²) < 4.78 is 13.0. The van der Waals surface area contributed by atoms with Crippen LogP contribution in [0, 0.1) is 11.2 Å². The predicted molar refractivity (Wildman–Crippen MR) is 85.3 cm³/mol. The fourth-order valence-corrected chi connectivity index (χ4v) is 3.87. The molecule has 0 amide bonds. The van der Waals surface area contributed by atoms with E-state index in [0.717, 1.165) is 23.5 Å². The quantitative estimate of drug-likeness (QED) is 0.930. The molecule has 3 rings (SSSR count). The molecule has 1 unspecified atom stereocenters. The van der Waals surface area contributed by atoms with Crippen molar-refractivity contribution in [2.45, 2.75) is 19.9 Å². The van der Waals surface area contributed by atoms with Gasteiger partial charge in [-0.2, -0.15) is 0 Å². The van der Waals surface area contributed by atoms with Crippen molar-refractivity contribution in [3.8, 4) is 10.4 Å². The molecule has 0 radical (unpaired) electrons. The van der Waals surface area contributed by atoms with Crippen LogP contribution in [0.1, 0.15) is 18.2 Å². The summed E-state index contributed by atoms with van der Waals surface area (Å²) in [5.41, 5.74) is 0.381. The number of thiophene rings is 1. The molecule has 1 aromatic carbocycles. The second kappa shape index (κ2) is 5.82. The van der Waals surface area contributed by atoms with Crippen LogP contribution in [0.4, 0.5) is 4.39 Å². The average molecular weight is 319 g/mol. The van der Waals surface area contributed by atoms with Crippen LogP contribution in [0.25, 0.3) is 10.4 Å². The van der Waals surface area contributed by atoms with E-state index in [0.29, 0.717) is 13.0 Å². The zero-order chi connectivity index (χ0) is 15.7. The van der Waals surface area contributed by atoms with Gasteiger partial charge in [0, 0.05) is 22.8 Å². The van der Waals surface area contributed by atoms with Crippen LogP contribution in [0.2, 0.25) is 0 Å². The maximum atomic E-state index is 13.0. The predicted octanol–water partition coefficient (Wildman–Crippen LogP) is 3.85. The van der Waals surface area contributed by atoms with Gasteiger partial charge < -0.3 is 5.11 Å².